The number of urea groups is 1. The molecule has 0 atom stereocenters. The van der Waals surface area contributed by atoms with E-state index in [1.807, 2.05) is 25.1 Å². The van der Waals surface area contributed by atoms with Crippen LogP contribution in [0.15, 0.2) is 42.6 Å². The number of carbonyl (C=O) groups excluding carboxylic acids is 1. The first-order valence-corrected chi connectivity index (χ1v) is 8.51. The molecular weight excluding hydrogens is 342 g/mol. The number of rotatable bonds is 9. The third-order valence-corrected chi connectivity index (χ3v) is 3.54. The summed E-state index contributed by atoms with van der Waals surface area (Å²) in [6.45, 7) is 4.12. The van der Waals surface area contributed by atoms with Crippen LogP contribution >= 0.6 is 11.6 Å². The van der Waals surface area contributed by atoms with Gasteiger partial charge in [0.15, 0.2) is 0 Å². The van der Waals surface area contributed by atoms with Crippen LogP contribution < -0.4 is 15.4 Å². The Kier molecular flexibility index (Phi) is 8.01. The van der Waals surface area contributed by atoms with Crippen LogP contribution in [-0.4, -0.2) is 30.8 Å². The van der Waals surface area contributed by atoms with Gasteiger partial charge in [-0.2, -0.15) is 0 Å². The molecule has 134 valence electrons. The van der Waals surface area contributed by atoms with Gasteiger partial charge in [-0.3, -0.25) is 4.98 Å². The van der Waals surface area contributed by atoms with E-state index >= 15 is 0 Å². The van der Waals surface area contributed by atoms with Crippen molar-refractivity contribution in [1.29, 1.82) is 0 Å². The topological polar surface area (TPSA) is 72.5 Å². The van der Waals surface area contributed by atoms with Crippen molar-refractivity contribution in [3.05, 3.63) is 53.3 Å². The summed E-state index contributed by atoms with van der Waals surface area (Å²) in [4.78, 5) is 16.0. The number of ether oxygens (including phenoxy) is 2. The van der Waals surface area contributed by atoms with Crippen LogP contribution in [0.1, 0.15) is 19.0 Å². The molecule has 2 N–H and O–H groups in total. The molecule has 0 saturated carbocycles. The Labute approximate surface area is 152 Å². The molecule has 0 aliphatic carbocycles. The number of amides is 2. The highest BCUT2D eigenvalue weighted by molar-refractivity contribution is 6.32. The van der Waals surface area contributed by atoms with Gasteiger partial charge in [0.2, 0.25) is 0 Å². The first kappa shape index (κ1) is 19.0. The van der Waals surface area contributed by atoms with Crippen molar-refractivity contribution < 1.29 is 14.3 Å². The molecule has 0 bridgehead atoms. The predicted molar refractivity (Wildman–Crippen MR) is 98.2 cm³/mol. The molecule has 0 saturated heterocycles. The number of hydrogen-bond donors (Lipinski definition) is 2. The van der Waals surface area contributed by atoms with E-state index in [1.54, 1.807) is 24.4 Å². The molecule has 0 aliphatic rings. The molecule has 25 heavy (non-hydrogen) atoms. The van der Waals surface area contributed by atoms with Gasteiger partial charge in [-0.25, -0.2) is 4.79 Å². The third kappa shape index (κ3) is 6.99. The fourth-order valence-corrected chi connectivity index (χ4v) is 2.26. The zero-order valence-corrected chi connectivity index (χ0v) is 14.9. The lowest BCUT2D eigenvalue weighted by molar-refractivity contribution is 0.145. The smallest absolute Gasteiger partial charge is 0.319 e. The molecule has 2 aromatic rings. The van der Waals surface area contributed by atoms with Crippen LogP contribution in [0.3, 0.4) is 0 Å². The Morgan fingerprint density at radius 2 is 2.16 bits per heavy atom. The van der Waals surface area contributed by atoms with Crippen LogP contribution in [0.25, 0.3) is 0 Å². The van der Waals surface area contributed by atoms with Crippen molar-refractivity contribution in [2.75, 3.05) is 25.1 Å². The van der Waals surface area contributed by atoms with E-state index in [4.69, 9.17) is 21.1 Å². The number of hydrogen-bond acceptors (Lipinski definition) is 4. The van der Waals surface area contributed by atoms with Gasteiger partial charge in [-0.1, -0.05) is 17.7 Å². The van der Waals surface area contributed by atoms with Gasteiger partial charge < -0.3 is 20.1 Å². The Balaban J connectivity index is 1.79. The Morgan fingerprint density at radius 3 is 2.88 bits per heavy atom. The monoisotopic (exact) mass is 363 g/mol. The molecular formula is C18H22ClN3O3. The van der Waals surface area contributed by atoms with Crippen molar-refractivity contribution in [2.24, 2.45) is 0 Å². The summed E-state index contributed by atoms with van der Waals surface area (Å²) in [6, 6.07) is 10.4. The van der Waals surface area contributed by atoms with Crippen molar-refractivity contribution in [3.8, 4) is 5.75 Å². The van der Waals surface area contributed by atoms with Crippen molar-refractivity contribution in [2.45, 2.75) is 20.0 Å². The summed E-state index contributed by atoms with van der Waals surface area (Å²) in [5, 5.41) is 5.91. The van der Waals surface area contributed by atoms with Gasteiger partial charge in [0.1, 0.15) is 12.4 Å². The molecule has 1 aromatic heterocycles. The fourth-order valence-electron chi connectivity index (χ4n) is 2.03. The SMILES string of the molecule is CCOCCCNC(=O)Nc1ccc(OCc2ccccn2)c(Cl)c1. The molecule has 1 heterocycles. The van der Waals surface area contributed by atoms with Gasteiger partial charge in [0.25, 0.3) is 0 Å². The van der Waals surface area contributed by atoms with Crippen LogP contribution in [-0.2, 0) is 11.3 Å². The number of pyridine rings is 1. The van der Waals surface area contributed by atoms with Crippen LogP contribution in [0, 0.1) is 0 Å². The molecule has 0 fully saturated rings. The lowest BCUT2D eigenvalue weighted by Gasteiger charge is -2.11. The van der Waals surface area contributed by atoms with Crippen molar-refractivity contribution in [1.82, 2.24) is 10.3 Å². The van der Waals surface area contributed by atoms with Gasteiger partial charge in [0, 0.05) is 31.6 Å². The number of aromatic nitrogens is 1. The average Bonchev–Trinajstić information content (AvgIpc) is 2.62. The van der Waals surface area contributed by atoms with Crippen LogP contribution in [0.5, 0.6) is 5.75 Å². The number of nitrogens with zero attached hydrogens (tertiary/aromatic N) is 1. The lowest BCUT2D eigenvalue weighted by atomic mass is 10.3. The molecule has 6 nitrogen and oxygen atoms in total. The lowest BCUT2D eigenvalue weighted by Crippen LogP contribution is -2.30. The van der Waals surface area contributed by atoms with Gasteiger partial charge in [-0.15, -0.1) is 0 Å². The van der Waals surface area contributed by atoms with E-state index in [0.29, 0.717) is 42.8 Å². The number of benzene rings is 1. The molecule has 2 amide bonds. The Bertz CT molecular complexity index is 668. The standard InChI is InChI=1S/C18H22ClN3O3/c1-2-24-11-5-10-21-18(23)22-14-7-8-17(16(19)12-14)25-13-15-6-3-4-9-20-15/h3-4,6-9,12H,2,5,10-11,13H2,1H3,(H2,21,22,23). The summed E-state index contributed by atoms with van der Waals surface area (Å²) >= 11 is 6.21. The highest BCUT2D eigenvalue weighted by Crippen LogP contribution is 2.28. The summed E-state index contributed by atoms with van der Waals surface area (Å²) in [5.41, 5.74) is 1.41. The summed E-state index contributed by atoms with van der Waals surface area (Å²) in [5.74, 6) is 0.537. The van der Waals surface area contributed by atoms with E-state index in [0.717, 1.165) is 12.1 Å². The van der Waals surface area contributed by atoms with Gasteiger partial charge >= 0.3 is 6.03 Å². The maximum absolute atomic E-state index is 11.8. The van der Waals surface area contributed by atoms with Crippen LogP contribution in [0.2, 0.25) is 5.02 Å². The summed E-state index contributed by atoms with van der Waals surface area (Å²) in [6.07, 6.45) is 2.47. The minimum absolute atomic E-state index is 0.283. The average molecular weight is 364 g/mol. The second kappa shape index (κ2) is 10.5. The highest BCUT2D eigenvalue weighted by atomic mass is 35.5. The van der Waals surface area contributed by atoms with Crippen LogP contribution in [0.4, 0.5) is 10.5 Å². The van der Waals surface area contributed by atoms with E-state index < -0.39 is 0 Å². The third-order valence-electron chi connectivity index (χ3n) is 3.25. The van der Waals surface area contributed by atoms with Crippen molar-refractivity contribution in [3.63, 3.8) is 0 Å². The number of halogens is 1. The maximum Gasteiger partial charge on any atom is 0.319 e. The molecule has 2 rings (SSSR count). The number of anilines is 1. The summed E-state index contributed by atoms with van der Waals surface area (Å²) < 4.78 is 10.9. The minimum atomic E-state index is -0.283. The molecule has 0 spiro atoms. The zero-order valence-electron chi connectivity index (χ0n) is 14.1. The van der Waals surface area contributed by atoms with E-state index in [9.17, 15) is 4.79 Å². The molecule has 0 aliphatic heterocycles. The zero-order chi connectivity index (χ0) is 17.9. The predicted octanol–water partition coefficient (Wildman–Crippen LogP) is 3.86. The number of carbonyl (C=O) groups is 1. The quantitative estimate of drug-likeness (QED) is 0.663. The largest absolute Gasteiger partial charge is 0.486 e. The molecule has 0 unspecified atom stereocenters. The normalized spacial score (nSPS) is 10.3. The maximum atomic E-state index is 11.8. The van der Waals surface area contributed by atoms with E-state index in [2.05, 4.69) is 15.6 Å². The first-order valence-electron chi connectivity index (χ1n) is 8.14. The number of nitrogens with one attached hydrogen (secondary N) is 2. The second-order valence-corrected chi connectivity index (χ2v) is 5.59. The fraction of sp³-hybridized carbons (Fsp3) is 0.333. The second-order valence-electron chi connectivity index (χ2n) is 5.19. The van der Waals surface area contributed by atoms with E-state index in [-0.39, 0.29) is 6.03 Å². The molecule has 1 aromatic carbocycles. The molecule has 0 radical (unpaired) electrons. The highest BCUT2D eigenvalue weighted by Gasteiger charge is 2.06. The Morgan fingerprint density at radius 1 is 1.28 bits per heavy atom. The first-order chi connectivity index (χ1) is 12.2. The Hall–Kier alpha value is -2.31. The minimum Gasteiger partial charge on any atom is -0.486 e. The summed E-state index contributed by atoms with van der Waals surface area (Å²) in [7, 11) is 0. The van der Waals surface area contributed by atoms with Crippen molar-refractivity contribution >= 4 is 23.3 Å². The molecule has 7 heteroatoms. The van der Waals surface area contributed by atoms with Gasteiger partial charge in [0.05, 0.1) is 10.7 Å². The van der Waals surface area contributed by atoms with E-state index in [1.165, 1.54) is 0 Å². The van der Waals surface area contributed by atoms with Gasteiger partial charge in [-0.05, 0) is 43.7 Å².